The van der Waals surface area contributed by atoms with E-state index in [2.05, 4.69) is 20.7 Å². The topological polar surface area (TPSA) is 146 Å². The Kier molecular flexibility index (Phi) is 7.21. The molecule has 0 aromatic heterocycles. The van der Waals surface area contributed by atoms with Crippen LogP contribution in [0.4, 0.5) is 5.69 Å². The Bertz CT molecular complexity index is 632. The first-order valence-electron chi connectivity index (χ1n) is 7.17. The second-order valence-electron chi connectivity index (χ2n) is 5.03. The quantitative estimate of drug-likeness (QED) is 0.261. The van der Waals surface area contributed by atoms with Crippen LogP contribution < -0.4 is 21.7 Å². The summed E-state index contributed by atoms with van der Waals surface area (Å²) in [7, 11) is 1.27. The van der Waals surface area contributed by atoms with Gasteiger partial charge < -0.3 is 26.4 Å². The third-order valence-electron chi connectivity index (χ3n) is 3.02. The lowest BCUT2D eigenvalue weighted by atomic mass is 10.2. The molecule has 0 aliphatic rings. The molecule has 0 radical (unpaired) electrons. The molecule has 0 heterocycles. The van der Waals surface area contributed by atoms with Crippen LogP contribution in [0.2, 0.25) is 0 Å². The van der Waals surface area contributed by atoms with Gasteiger partial charge in [0, 0.05) is 17.8 Å². The lowest BCUT2D eigenvalue weighted by molar-refractivity contribution is -0.144. The van der Waals surface area contributed by atoms with E-state index in [1.165, 1.54) is 13.2 Å². The van der Waals surface area contributed by atoms with Gasteiger partial charge in [0.25, 0.3) is 5.91 Å². The van der Waals surface area contributed by atoms with Gasteiger partial charge in [-0.15, -0.1) is 0 Å². The number of esters is 1. The zero-order valence-electron chi connectivity index (χ0n) is 13.5. The van der Waals surface area contributed by atoms with Crippen LogP contribution in [0.15, 0.2) is 24.3 Å². The lowest BCUT2D eigenvalue weighted by Crippen LogP contribution is -2.39. The smallest absolute Gasteiger partial charge is 0.310 e. The van der Waals surface area contributed by atoms with E-state index in [1.807, 2.05) is 0 Å². The summed E-state index contributed by atoms with van der Waals surface area (Å²) in [4.78, 5) is 34.9. The highest BCUT2D eigenvalue weighted by Gasteiger charge is 2.14. The average Bonchev–Trinajstić information content (AvgIpc) is 2.56. The molecule has 0 bridgehead atoms. The number of amides is 2. The SMILES string of the molecule is COC(=O)[C@@H](C)CNC(=O)CNC(=O)c1cccc(NC(=N)N)c1. The van der Waals surface area contributed by atoms with Gasteiger partial charge in [-0.2, -0.15) is 0 Å². The molecule has 2 amide bonds. The number of nitrogens with two attached hydrogens (primary N) is 1. The number of guanidine groups is 1. The molecule has 1 rings (SSSR count). The van der Waals surface area contributed by atoms with Gasteiger partial charge >= 0.3 is 5.97 Å². The minimum Gasteiger partial charge on any atom is -0.469 e. The van der Waals surface area contributed by atoms with Crippen molar-refractivity contribution in [2.75, 3.05) is 25.5 Å². The third-order valence-corrected chi connectivity index (χ3v) is 3.02. The van der Waals surface area contributed by atoms with Crippen LogP contribution in [0.3, 0.4) is 0 Å². The molecule has 0 aliphatic heterocycles. The highest BCUT2D eigenvalue weighted by atomic mass is 16.5. The summed E-state index contributed by atoms with van der Waals surface area (Å²) in [5.41, 5.74) is 6.03. The molecular formula is C15H21N5O4. The van der Waals surface area contributed by atoms with E-state index in [0.717, 1.165) is 0 Å². The number of benzene rings is 1. The van der Waals surface area contributed by atoms with Crippen LogP contribution in [0.5, 0.6) is 0 Å². The van der Waals surface area contributed by atoms with Crippen molar-refractivity contribution in [3.05, 3.63) is 29.8 Å². The Morgan fingerprint density at radius 1 is 1.29 bits per heavy atom. The van der Waals surface area contributed by atoms with E-state index in [4.69, 9.17) is 11.1 Å². The van der Waals surface area contributed by atoms with Crippen molar-refractivity contribution in [2.24, 2.45) is 11.7 Å². The standard InChI is InChI=1S/C15H21N5O4/c1-9(14(23)24-2)7-18-12(21)8-19-13(22)10-4-3-5-11(6-10)20-15(16)17/h3-6,9H,7-8H2,1-2H3,(H,18,21)(H,19,22)(H4,16,17,20)/t9-/m0/s1. The molecule has 6 N–H and O–H groups in total. The molecule has 0 unspecified atom stereocenters. The molecule has 24 heavy (non-hydrogen) atoms. The first-order valence-corrected chi connectivity index (χ1v) is 7.17. The summed E-state index contributed by atoms with van der Waals surface area (Å²) < 4.78 is 4.55. The summed E-state index contributed by atoms with van der Waals surface area (Å²) in [5.74, 6) is -2.00. The molecule has 0 fully saturated rings. The summed E-state index contributed by atoms with van der Waals surface area (Å²) in [5, 5.41) is 14.7. The van der Waals surface area contributed by atoms with E-state index < -0.39 is 23.7 Å². The van der Waals surface area contributed by atoms with Gasteiger partial charge in [0.15, 0.2) is 5.96 Å². The summed E-state index contributed by atoms with van der Waals surface area (Å²) in [6, 6.07) is 6.35. The molecular weight excluding hydrogens is 314 g/mol. The third kappa shape index (κ3) is 6.34. The van der Waals surface area contributed by atoms with Crippen molar-refractivity contribution in [3.8, 4) is 0 Å². The van der Waals surface area contributed by atoms with Crippen molar-refractivity contribution in [1.29, 1.82) is 5.41 Å². The van der Waals surface area contributed by atoms with Crippen LogP contribution in [-0.2, 0) is 14.3 Å². The van der Waals surface area contributed by atoms with Gasteiger partial charge in [0.05, 0.1) is 19.6 Å². The van der Waals surface area contributed by atoms with Gasteiger partial charge in [-0.3, -0.25) is 19.8 Å². The fourth-order valence-corrected chi connectivity index (χ4v) is 1.77. The molecule has 0 aliphatic carbocycles. The average molecular weight is 335 g/mol. The normalized spacial score (nSPS) is 11.1. The Labute approximate surface area is 139 Å². The van der Waals surface area contributed by atoms with Crippen molar-refractivity contribution in [3.63, 3.8) is 0 Å². The highest BCUT2D eigenvalue weighted by Crippen LogP contribution is 2.10. The van der Waals surface area contributed by atoms with Gasteiger partial charge in [-0.05, 0) is 18.2 Å². The first-order chi connectivity index (χ1) is 11.3. The Morgan fingerprint density at radius 2 is 2.00 bits per heavy atom. The maximum Gasteiger partial charge on any atom is 0.310 e. The Morgan fingerprint density at radius 3 is 2.62 bits per heavy atom. The van der Waals surface area contributed by atoms with Crippen LogP contribution in [0.25, 0.3) is 0 Å². The maximum atomic E-state index is 12.0. The number of rotatable bonds is 7. The number of ether oxygens (including phenoxy) is 1. The monoisotopic (exact) mass is 335 g/mol. The highest BCUT2D eigenvalue weighted by molar-refractivity contribution is 5.98. The van der Waals surface area contributed by atoms with Gasteiger partial charge in [-0.1, -0.05) is 13.0 Å². The number of methoxy groups -OCH3 is 1. The maximum absolute atomic E-state index is 12.0. The molecule has 0 saturated carbocycles. The van der Waals surface area contributed by atoms with Crippen LogP contribution in [-0.4, -0.2) is 43.9 Å². The lowest BCUT2D eigenvalue weighted by Gasteiger charge is -2.11. The summed E-state index contributed by atoms with van der Waals surface area (Å²) in [6.45, 7) is 1.52. The fraction of sp³-hybridized carbons (Fsp3) is 0.333. The van der Waals surface area contributed by atoms with Crippen molar-refractivity contribution < 1.29 is 19.1 Å². The molecule has 130 valence electrons. The minimum absolute atomic E-state index is 0.124. The number of anilines is 1. The summed E-state index contributed by atoms with van der Waals surface area (Å²) >= 11 is 0. The number of carbonyl (C=O) groups is 3. The molecule has 1 atom stereocenters. The van der Waals surface area contributed by atoms with Crippen molar-refractivity contribution >= 4 is 29.4 Å². The molecule has 1 aromatic carbocycles. The van der Waals surface area contributed by atoms with Gasteiger partial charge in [0.2, 0.25) is 5.91 Å². The predicted molar refractivity (Wildman–Crippen MR) is 88.5 cm³/mol. The largest absolute Gasteiger partial charge is 0.469 e. The van der Waals surface area contributed by atoms with E-state index in [0.29, 0.717) is 11.3 Å². The first kappa shape index (κ1) is 18.9. The van der Waals surface area contributed by atoms with Gasteiger partial charge in [-0.25, -0.2) is 0 Å². The second-order valence-corrected chi connectivity index (χ2v) is 5.03. The number of nitrogens with one attached hydrogen (secondary N) is 4. The summed E-state index contributed by atoms with van der Waals surface area (Å²) in [6.07, 6.45) is 0. The second kappa shape index (κ2) is 9.13. The van der Waals surface area contributed by atoms with E-state index in [9.17, 15) is 14.4 Å². The Hall–Kier alpha value is -3.10. The molecule has 1 aromatic rings. The van der Waals surface area contributed by atoms with Crippen LogP contribution in [0.1, 0.15) is 17.3 Å². The molecule has 0 saturated heterocycles. The van der Waals surface area contributed by atoms with E-state index >= 15 is 0 Å². The van der Waals surface area contributed by atoms with Crippen LogP contribution in [0, 0.1) is 11.3 Å². The number of hydrogen-bond acceptors (Lipinski definition) is 5. The molecule has 9 heteroatoms. The fourth-order valence-electron chi connectivity index (χ4n) is 1.77. The van der Waals surface area contributed by atoms with E-state index in [-0.39, 0.29) is 19.0 Å². The Balaban J connectivity index is 2.47. The molecule has 9 nitrogen and oxygen atoms in total. The number of hydrogen-bond donors (Lipinski definition) is 5. The predicted octanol–water partition coefficient (Wildman–Crippen LogP) is -0.353. The zero-order chi connectivity index (χ0) is 18.1. The molecule has 0 spiro atoms. The van der Waals surface area contributed by atoms with E-state index in [1.54, 1.807) is 25.1 Å². The van der Waals surface area contributed by atoms with Crippen LogP contribution >= 0.6 is 0 Å². The van der Waals surface area contributed by atoms with Gasteiger partial charge in [0.1, 0.15) is 0 Å². The minimum atomic E-state index is -0.469. The number of carbonyl (C=O) groups excluding carboxylic acids is 3. The zero-order valence-corrected chi connectivity index (χ0v) is 13.5. The van der Waals surface area contributed by atoms with Crippen molar-refractivity contribution in [1.82, 2.24) is 10.6 Å². The van der Waals surface area contributed by atoms with Crippen molar-refractivity contribution in [2.45, 2.75) is 6.92 Å².